The molecule has 1 heterocycles. The third-order valence-corrected chi connectivity index (χ3v) is 4.94. The van der Waals surface area contributed by atoms with E-state index in [1.54, 1.807) is 0 Å². The van der Waals surface area contributed by atoms with Crippen molar-refractivity contribution in [2.75, 3.05) is 0 Å². The Labute approximate surface area is 147 Å². The van der Waals surface area contributed by atoms with E-state index in [2.05, 4.69) is 20.9 Å². The van der Waals surface area contributed by atoms with Crippen LogP contribution in [0.3, 0.4) is 0 Å². The van der Waals surface area contributed by atoms with E-state index in [9.17, 15) is 4.79 Å². The molecule has 0 spiro atoms. The summed E-state index contributed by atoms with van der Waals surface area (Å²) < 4.78 is 6.37. The molecule has 3 nitrogen and oxygen atoms in total. The predicted molar refractivity (Wildman–Crippen MR) is 95.5 cm³/mol. The molecule has 0 bridgehead atoms. The molecule has 0 radical (unpaired) electrons. The molecule has 0 fully saturated rings. The first-order valence-corrected chi connectivity index (χ1v) is 8.69. The van der Waals surface area contributed by atoms with Crippen molar-refractivity contribution in [3.63, 3.8) is 0 Å². The maximum atomic E-state index is 12.3. The molecular weight excluding hydrogens is 374 g/mol. The summed E-state index contributed by atoms with van der Waals surface area (Å²) in [5.74, 6) is -0.331. The summed E-state index contributed by atoms with van der Waals surface area (Å²) in [4.78, 5) is 17.3. The molecular formula is C18H14BrNO2S. The number of hydrogen-bond acceptors (Lipinski definition) is 4. The average Bonchev–Trinajstić information content (AvgIpc) is 2.95. The van der Waals surface area contributed by atoms with Crippen molar-refractivity contribution in [1.29, 1.82) is 0 Å². The number of carbonyl (C=O) groups excluding carboxylic acids is 1. The van der Waals surface area contributed by atoms with E-state index in [0.29, 0.717) is 10.6 Å². The SMILES string of the molecule is Cc1nc(-c2ccccc2)sc1C(=O)OCc1cccc(Br)c1. The number of aryl methyl sites for hydroxylation is 1. The number of carbonyl (C=O) groups is 1. The highest BCUT2D eigenvalue weighted by Crippen LogP contribution is 2.28. The predicted octanol–water partition coefficient (Wildman–Crippen LogP) is 5.24. The quantitative estimate of drug-likeness (QED) is 0.574. The lowest BCUT2D eigenvalue weighted by Gasteiger charge is -2.04. The van der Waals surface area contributed by atoms with Gasteiger partial charge in [0.25, 0.3) is 0 Å². The van der Waals surface area contributed by atoms with Crippen LogP contribution in [0.5, 0.6) is 0 Å². The molecule has 2 aromatic carbocycles. The molecule has 0 aliphatic heterocycles. The molecule has 0 unspecified atom stereocenters. The lowest BCUT2D eigenvalue weighted by Crippen LogP contribution is -2.04. The smallest absolute Gasteiger partial charge is 0.350 e. The second kappa shape index (κ2) is 7.06. The van der Waals surface area contributed by atoms with Gasteiger partial charge < -0.3 is 4.74 Å². The van der Waals surface area contributed by atoms with Crippen molar-refractivity contribution in [3.8, 4) is 10.6 Å². The minimum Gasteiger partial charge on any atom is -0.457 e. The zero-order chi connectivity index (χ0) is 16.2. The molecule has 0 atom stereocenters. The number of aromatic nitrogens is 1. The monoisotopic (exact) mass is 387 g/mol. The first-order valence-electron chi connectivity index (χ1n) is 7.08. The first-order chi connectivity index (χ1) is 11.1. The number of nitrogens with zero attached hydrogens (tertiary/aromatic N) is 1. The lowest BCUT2D eigenvalue weighted by atomic mass is 10.2. The van der Waals surface area contributed by atoms with Crippen molar-refractivity contribution in [3.05, 3.63) is 75.2 Å². The van der Waals surface area contributed by atoms with Crippen LogP contribution in [-0.2, 0) is 11.3 Å². The average molecular weight is 388 g/mol. The Morgan fingerprint density at radius 2 is 1.96 bits per heavy atom. The summed E-state index contributed by atoms with van der Waals surface area (Å²) in [5, 5.41) is 0.831. The maximum absolute atomic E-state index is 12.3. The molecule has 0 aliphatic carbocycles. The van der Waals surface area contributed by atoms with Crippen molar-refractivity contribution >= 4 is 33.2 Å². The summed E-state index contributed by atoms with van der Waals surface area (Å²) in [6.07, 6.45) is 0. The number of ether oxygens (including phenoxy) is 1. The van der Waals surface area contributed by atoms with Crippen LogP contribution in [0.2, 0.25) is 0 Å². The van der Waals surface area contributed by atoms with Gasteiger partial charge in [-0.05, 0) is 24.6 Å². The second-order valence-corrected chi connectivity index (χ2v) is 6.92. The van der Waals surface area contributed by atoms with Gasteiger partial charge in [0.2, 0.25) is 0 Å². The zero-order valence-corrected chi connectivity index (χ0v) is 14.9. The number of rotatable bonds is 4. The number of hydrogen-bond donors (Lipinski definition) is 0. The van der Waals surface area contributed by atoms with Gasteiger partial charge in [-0.2, -0.15) is 0 Å². The molecule has 0 N–H and O–H groups in total. The Hall–Kier alpha value is -1.98. The van der Waals surface area contributed by atoms with Gasteiger partial charge in [0.15, 0.2) is 0 Å². The Bertz CT molecular complexity index is 830. The molecule has 1 aromatic heterocycles. The van der Waals surface area contributed by atoms with E-state index in [0.717, 1.165) is 20.6 Å². The third kappa shape index (κ3) is 3.86. The number of benzene rings is 2. The molecule has 0 amide bonds. The molecule has 23 heavy (non-hydrogen) atoms. The molecule has 5 heteroatoms. The van der Waals surface area contributed by atoms with Crippen LogP contribution in [0.15, 0.2) is 59.1 Å². The van der Waals surface area contributed by atoms with Gasteiger partial charge in [0.1, 0.15) is 16.5 Å². The van der Waals surface area contributed by atoms with E-state index >= 15 is 0 Å². The van der Waals surface area contributed by atoms with Gasteiger partial charge in [0, 0.05) is 10.0 Å². The fourth-order valence-electron chi connectivity index (χ4n) is 2.13. The van der Waals surface area contributed by atoms with Crippen LogP contribution in [0.25, 0.3) is 10.6 Å². The van der Waals surface area contributed by atoms with E-state index in [4.69, 9.17) is 4.74 Å². The summed E-state index contributed by atoms with van der Waals surface area (Å²) in [6.45, 7) is 2.08. The van der Waals surface area contributed by atoms with Crippen molar-refractivity contribution < 1.29 is 9.53 Å². The minimum atomic E-state index is -0.331. The highest BCUT2D eigenvalue weighted by Gasteiger charge is 2.17. The highest BCUT2D eigenvalue weighted by molar-refractivity contribution is 9.10. The standard InChI is InChI=1S/C18H14BrNO2S/c1-12-16(23-17(20-12)14-7-3-2-4-8-14)18(21)22-11-13-6-5-9-15(19)10-13/h2-10H,11H2,1H3. The Morgan fingerprint density at radius 1 is 1.17 bits per heavy atom. The maximum Gasteiger partial charge on any atom is 0.350 e. The highest BCUT2D eigenvalue weighted by atomic mass is 79.9. The van der Waals surface area contributed by atoms with Crippen molar-refractivity contribution in [2.45, 2.75) is 13.5 Å². The summed E-state index contributed by atoms with van der Waals surface area (Å²) in [6, 6.07) is 17.5. The van der Waals surface area contributed by atoms with E-state index in [1.165, 1.54) is 11.3 Å². The normalized spacial score (nSPS) is 10.5. The van der Waals surface area contributed by atoms with Gasteiger partial charge >= 0.3 is 5.97 Å². The van der Waals surface area contributed by atoms with Crippen LogP contribution in [0.1, 0.15) is 20.9 Å². The first kappa shape index (κ1) is 15.9. The topological polar surface area (TPSA) is 39.2 Å². The molecule has 3 aromatic rings. The van der Waals surface area contributed by atoms with Crippen LogP contribution >= 0.6 is 27.3 Å². The van der Waals surface area contributed by atoms with E-state index in [-0.39, 0.29) is 12.6 Å². The molecule has 0 saturated carbocycles. The molecule has 0 saturated heterocycles. The Kier molecular flexibility index (Phi) is 4.88. The summed E-state index contributed by atoms with van der Waals surface area (Å²) in [5.41, 5.74) is 2.65. The number of thiazole rings is 1. The minimum absolute atomic E-state index is 0.246. The van der Waals surface area contributed by atoms with Crippen molar-refractivity contribution in [2.24, 2.45) is 0 Å². The van der Waals surface area contributed by atoms with Gasteiger partial charge in [0.05, 0.1) is 5.69 Å². The molecule has 0 aliphatic rings. The fourth-order valence-corrected chi connectivity index (χ4v) is 3.54. The summed E-state index contributed by atoms with van der Waals surface area (Å²) in [7, 11) is 0. The van der Waals surface area contributed by atoms with Gasteiger partial charge in [-0.3, -0.25) is 0 Å². The van der Waals surface area contributed by atoms with Gasteiger partial charge in [-0.15, -0.1) is 11.3 Å². The van der Waals surface area contributed by atoms with E-state index < -0.39 is 0 Å². The van der Waals surface area contributed by atoms with Crippen LogP contribution < -0.4 is 0 Å². The van der Waals surface area contributed by atoms with Gasteiger partial charge in [-0.1, -0.05) is 58.4 Å². The third-order valence-electron chi connectivity index (χ3n) is 3.26. The Morgan fingerprint density at radius 3 is 2.70 bits per heavy atom. The number of halogens is 1. The Balaban J connectivity index is 1.74. The molecule has 116 valence electrons. The largest absolute Gasteiger partial charge is 0.457 e. The number of esters is 1. The van der Waals surface area contributed by atoms with E-state index in [1.807, 2.05) is 61.5 Å². The van der Waals surface area contributed by atoms with Gasteiger partial charge in [-0.25, -0.2) is 9.78 Å². The molecule has 3 rings (SSSR count). The van der Waals surface area contributed by atoms with Crippen LogP contribution in [-0.4, -0.2) is 11.0 Å². The second-order valence-electron chi connectivity index (χ2n) is 5.01. The van der Waals surface area contributed by atoms with Crippen LogP contribution in [0, 0.1) is 6.92 Å². The lowest BCUT2D eigenvalue weighted by molar-refractivity contribution is 0.0477. The fraction of sp³-hybridized carbons (Fsp3) is 0.111. The zero-order valence-electron chi connectivity index (χ0n) is 12.5. The summed E-state index contributed by atoms with van der Waals surface area (Å²) >= 11 is 4.77. The van der Waals surface area contributed by atoms with Crippen molar-refractivity contribution in [1.82, 2.24) is 4.98 Å². The van der Waals surface area contributed by atoms with Crippen LogP contribution in [0.4, 0.5) is 0 Å².